The van der Waals surface area contributed by atoms with E-state index in [1.807, 2.05) is 6.07 Å². The number of hydrogen-bond acceptors (Lipinski definition) is 4. The van der Waals surface area contributed by atoms with Gasteiger partial charge in [-0.3, -0.25) is 0 Å². The normalized spacial score (nSPS) is 11.3. The molecule has 0 heterocycles. The molecule has 86 valence electrons. The van der Waals surface area contributed by atoms with Crippen molar-refractivity contribution < 1.29 is 17.9 Å². The van der Waals surface area contributed by atoms with Gasteiger partial charge in [0, 0.05) is 0 Å². The van der Waals surface area contributed by atoms with E-state index in [0.717, 1.165) is 18.1 Å². The first-order valence-electron chi connectivity index (χ1n) is 4.37. The minimum absolute atomic E-state index is 0.720. The van der Waals surface area contributed by atoms with Gasteiger partial charge >= 0.3 is 6.09 Å². The van der Waals surface area contributed by atoms with Gasteiger partial charge in [-0.1, -0.05) is 30.3 Å². The fraction of sp³-hybridized carbons (Fsp3) is 0.100. The summed E-state index contributed by atoms with van der Waals surface area (Å²) in [6.07, 6.45) is 0.364. The number of carbonyl (C=O) groups is 1. The molecule has 0 saturated heterocycles. The van der Waals surface area contributed by atoms with E-state index >= 15 is 0 Å². The number of rotatable bonds is 3. The number of benzene rings is 1. The van der Waals surface area contributed by atoms with Gasteiger partial charge in [-0.05, 0) is 11.6 Å². The van der Waals surface area contributed by atoms with Crippen LogP contribution in [0.2, 0.25) is 0 Å². The first-order chi connectivity index (χ1) is 7.53. The maximum atomic E-state index is 11.3. The van der Waals surface area contributed by atoms with E-state index in [4.69, 9.17) is 0 Å². The van der Waals surface area contributed by atoms with Crippen molar-refractivity contribution in [2.24, 2.45) is 0 Å². The number of ether oxygens (including phenoxy) is 1. The van der Waals surface area contributed by atoms with Crippen molar-refractivity contribution in [1.82, 2.24) is 4.72 Å². The SMILES string of the molecule is COC(=O)NS(=O)(=O)/C=C\c1ccccc1. The summed E-state index contributed by atoms with van der Waals surface area (Å²) in [5, 5.41) is 0.902. The number of methoxy groups -OCH3 is 1. The van der Waals surface area contributed by atoms with Crippen LogP contribution >= 0.6 is 0 Å². The van der Waals surface area contributed by atoms with Crippen LogP contribution in [0.15, 0.2) is 35.7 Å². The molecular formula is C10H11NO4S. The van der Waals surface area contributed by atoms with Crippen molar-refractivity contribution in [2.75, 3.05) is 7.11 Å². The Hall–Kier alpha value is -1.82. The Morgan fingerprint density at radius 3 is 2.50 bits per heavy atom. The lowest BCUT2D eigenvalue weighted by molar-refractivity contribution is 0.178. The summed E-state index contributed by atoms with van der Waals surface area (Å²) < 4.78 is 28.4. The molecule has 16 heavy (non-hydrogen) atoms. The highest BCUT2D eigenvalue weighted by atomic mass is 32.2. The average molecular weight is 241 g/mol. The lowest BCUT2D eigenvalue weighted by atomic mass is 10.2. The summed E-state index contributed by atoms with van der Waals surface area (Å²) in [4.78, 5) is 10.7. The van der Waals surface area contributed by atoms with Crippen LogP contribution in [0.4, 0.5) is 4.79 Å². The predicted octanol–water partition coefficient (Wildman–Crippen LogP) is 1.34. The Labute approximate surface area is 93.8 Å². The summed E-state index contributed by atoms with van der Waals surface area (Å²) in [6.45, 7) is 0. The maximum Gasteiger partial charge on any atom is 0.420 e. The minimum Gasteiger partial charge on any atom is -0.452 e. The molecule has 0 aromatic heterocycles. The summed E-state index contributed by atoms with van der Waals surface area (Å²) in [7, 11) is -2.71. The monoisotopic (exact) mass is 241 g/mol. The van der Waals surface area contributed by atoms with Crippen molar-refractivity contribution in [3.63, 3.8) is 0 Å². The van der Waals surface area contributed by atoms with Gasteiger partial charge < -0.3 is 4.74 Å². The first-order valence-corrected chi connectivity index (χ1v) is 5.92. The molecular weight excluding hydrogens is 230 g/mol. The fourth-order valence-corrected chi connectivity index (χ4v) is 1.64. The van der Waals surface area contributed by atoms with E-state index in [1.54, 1.807) is 29.0 Å². The molecule has 6 heteroatoms. The van der Waals surface area contributed by atoms with Crippen molar-refractivity contribution >= 4 is 22.2 Å². The van der Waals surface area contributed by atoms with Crippen LogP contribution < -0.4 is 4.72 Å². The molecule has 1 aromatic carbocycles. The number of nitrogens with one attached hydrogen (secondary N) is 1. The van der Waals surface area contributed by atoms with Gasteiger partial charge in [-0.25, -0.2) is 17.9 Å². The van der Waals surface area contributed by atoms with Crippen LogP contribution in [0.25, 0.3) is 6.08 Å². The number of carbonyl (C=O) groups excluding carboxylic acids is 1. The maximum absolute atomic E-state index is 11.3. The van der Waals surface area contributed by atoms with Crippen LogP contribution in [0.1, 0.15) is 5.56 Å². The molecule has 0 aliphatic carbocycles. The lowest BCUT2D eigenvalue weighted by Gasteiger charge is -2.00. The van der Waals surface area contributed by atoms with Crippen LogP contribution in [0.3, 0.4) is 0 Å². The zero-order valence-electron chi connectivity index (χ0n) is 8.58. The molecule has 1 aromatic rings. The summed E-state index contributed by atoms with van der Waals surface area (Å²) in [5.74, 6) is 0. The number of sulfonamides is 1. The summed E-state index contributed by atoms with van der Waals surface area (Å²) in [6, 6.07) is 8.85. The highest BCUT2D eigenvalue weighted by Gasteiger charge is 2.09. The van der Waals surface area contributed by atoms with Gasteiger partial charge in [0.15, 0.2) is 0 Å². The van der Waals surface area contributed by atoms with Gasteiger partial charge in [0.2, 0.25) is 0 Å². The first kappa shape index (κ1) is 12.3. The predicted molar refractivity (Wildman–Crippen MR) is 59.9 cm³/mol. The second-order valence-corrected chi connectivity index (χ2v) is 4.42. The van der Waals surface area contributed by atoms with Crippen LogP contribution in [0, 0.1) is 0 Å². The molecule has 5 nitrogen and oxygen atoms in total. The highest BCUT2D eigenvalue weighted by Crippen LogP contribution is 2.02. The van der Waals surface area contributed by atoms with Crippen molar-refractivity contribution in [2.45, 2.75) is 0 Å². The zero-order valence-corrected chi connectivity index (χ0v) is 9.40. The summed E-state index contributed by atoms with van der Waals surface area (Å²) in [5.41, 5.74) is 0.720. The summed E-state index contributed by atoms with van der Waals surface area (Å²) >= 11 is 0. The number of amides is 1. The Morgan fingerprint density at radius 2 is 1.94 bits per heavy atom. The third kappa shape index (κ3) is 4.14. The fourth-order valence-electron chi connectivity index (χ4n) is 0.924. The minimum atomic E-state index is -3.80. The van der Waals surface area contributed by atoms with E-state index in [2.05, 4.69) is 4.74 Å². The molecule has 0 aliphatic rings. The van der Waals surface area contributed by atoms with E-state index < -0.39 is 16.1 Å². The van der Waals surface area contributed by atoms with Gasteiger partial charge in [0.25, 0.3) is 10.0 Å². The Balaban J connectivity index is 2.74. The second kappa shape index (κ2) is 5.32. The quantitative estimate of drug-likeness (QED) is 0.866. The van der Waals surface area contributed by atoms with Crippen LogP contribution in [0.5, 0.6) is 0 Å². The van der Waals surface area contributed by atoms with Crippen molar-refractivity contribution in [3.05, 3.63) is 41.3 Å². The smallest absolute Gasteiger partial charge is 0.420 e. The third-order valence-corrected chi connectivity index (χ3v) is 2.60. The van der Waals surface area contributed by atoms with Gasteiger partial charge in [-0.2, -0.15) is 0 Å². The molecule has 0 spiro atoms. The van der Waals surface area contributed by atoms with Crippen molar-refractivity contribution in [1.29, 1.82) is 0 Å². The molecule has 1 amide bonds. The largest absolute Gasteiger partial charge is 0.452 e. The molecule has 1 N–H and O–H groups in total. The van der Waals surface area contributed by atoms with Gasteiger partial charge in [0.05, 0.1) is 12.5 Å². The van der Waals surface area contributed by atoms with E-state index in [-0.39, 0.29) is 0 Å². The topological polar surface area (TPSA) is 72.5 Å². The molecule has 0 fully saturated rings. The molecule has 0 unspecified atom stereocenters. The Bertz CT molecular complexity index is 479. The van der Waals surface area contributed by atoms with E-state index in [1.165, 1.54) is 6.08 Å². The third-order valence-electron chi connectivity index (χ3n) is 1.65. The Morgan fingerprint density at radius 1 is 1.31 bits per heavy atom. The van der Waals surface area contributed by atoms with Gasteiger partial charge in [-0.15, -0.1) is 0 Å². The average Bonchev–Trinajstić information content (AvgIpc) is 2.27. The standard InChI is InChI=1S/C10H11NO4S/c1-15-10(12)11-16(13,14)8-7-9-5-3-2-4-6-9/h2-8H,1H3,(H,11,12)/b8-7-. The van der Waals surface area contributed by atoms with E-state index in [9.17, 15) is 13.2 Å². The van der Waals surface area contributed by atoms with Crippen molar-refractivity contribution in [3.8, 4) is 0 Å². The molecule has 0 aliphatic heterocycles. The molecule has 0 saturated carbocycles. The molecule has 0 bridgehead atoms. The molecule has 1 rings (SSSR count). The van der Waals surface area contributed by atoms with E-state index in [0.29, 0.717) is 0 Å². The number of hydrogen-bond donors (Lipinski definition) is 1. The van der Waals surface area contributed by atoms with Crippen LogP contribution in [-0.4, -0.2) is 21.6 Å². The molecule has 0 atom stereocenters. The Kier molecular flexibility index (Phi) is 4.07. The zero-order chi connectivity index (χ0) is 12.0. The van der Waals surface area contributed by atoms with Gasteiger partial charge in [0.1, 0.15) is 0 Å². The lowest BCUT2D eigenvalue weighted by Crippen LogP contribution is -2.28. The second-order valence-electron chi connectivity index (χ2n) is 2.85. The van der Waals surface area contributed by atoms with Crippen LogP contribution in [-0.2, 0) is 14.8 Å². The highest BCUT2D eigenvalue weighted by molar-refractivity contribution is 7.93. The molecule has 0 radical (unpaired) electrons.